The van der Waals surface area contributed by atoms with E-state index in [1.807, 2.05) is 6.20 Å². The Hall–Kier alpha value is -1.48. The molecule has 1 saturated heterocycles. The maximum Gasteiger partial charge on any atom is 0.0504 e. The summed E-state index contributed by atoms with van der Waals surface area (Å²) < 4.78 is 0. The highest BCUT2D eigenvalue weighted by atomic mass is 15.2. The average Bonchev–Trinajstić information content (AvgIpc) is 2.89. The fourth-order valence-corrected chi connectivity index (χ4v) is 3.19. The number of hydrogen-bond donors (Lipinski definition) is 1. The highest BCUT2D eigenvalue weighted by Gasteiger charge is 2.22. The first kappa shape index (κ1) is 12.5. The van der Waals surface area contributed by atoms with Crippen molar-refractivity contribution < 1.29 is 0 Å². The lowest BCUT2D eigenvalue weighted by atomic mass is 10.0. The number of rotatable bonds is 2. The first-order chi connectivity index (χ1) is 9.16. The van der Waals surface area contributed by atoms with Crippen LogP contribution in [0.1, 0.15) is 18.4 Å². The van der Waals surface area contributed by atoms with Gasteiger partial charge in [0.1, 0.15) is 0 Å². The molecule has 19 heavy (non-hydrogen) atoms. The molecule has 0 saturated carbocycles. The van der Waals surface area contributed by atoms with Crippen LogP contribution in [0.5, 0.6) is 0 Å². The molecule has 3 nitrogen and oxygen atoms in total. The second-order valence-corrected chi connectivity index (χ2v) is 5.85. The molecule has 102 valence electrons. The number of aromatic nitrogens is 1. The zero-order chi connectivity index (χ0) is 13.4. The van der Waals surface area contributed by atoms with Crippen molar-refractivity contribution in [2.75, 3.05) is 32.1 Å². The van der Waals surface area contributed by atoms with Gasteiger partial charge < -0.3 is 14.8 Å². The van der Waals surface area contributed by atoms with Crippen molar-refractivity contribution in [1.82, 2.24) is 9.88 Å². The molecule has 1 fully saturated rings. The average molecular weight is 257 g/mol. The molecule has 2 aromatic rings. The fraction of sp³-hybridized carbons (Fsp3) is 0.500. The smallest absolute Gasteiger partial charge is 0.0504 e. The third-order valence-corrected chi connectivity index (χ3v) is 4.44. The number of aryl methyl sites for hydroxylation is 1. The Labute approximate surface area is 115 Å². The highest BCUT2D eigenvalue weighted by Crippen LogP contribution is 2.30. The minimum Gasteiger partial charge on any atom is -0.371 e. The third kappa shape index (κ3) is 2.23. The van der Waals surface area contributed by atoms with Crippen molar-refractivity contribution in [3.63, 3.8) is 0 Å². The summed E-state index contributed by atoms with van der Waals surface area (Å²) in [5.41, 5.74) is 4.00. The SMILES string of the molecule is Cc1ccc(N2CCC(N(C)C)CC2)c2cc[nH]c12. The second-order valence-electron chi connectivity index (χ2n) is 5.85. The van der Waals surface area contributed by atoms with E-state index in [0.29, 0.717) is 0 Å². The maximum absolute atomic E-state index is 3.36. The second kappa shape index (κ2) is 4.89. The van der Waals surface area contributed by atoms with Crippen LogP contribution in [0.25, 0.3) is 10.9 Å². The van der Waals surface area contributed by atoms with Gasteiger partial charge in [0.15, 0.2) is 0 Å². The van der Waals surface area contributed by atoms with Crippen molar-refractivity contribution in [3.8, 4) is 0 Å². The van der Waals surface area contributed by atoms with E-state index in [-0.39, 0.29) is 0 Å². The van der Waals surface area contributed by atoms with Gasteiger partial charge in [0.25, 0.3) is 0 Å². The van der Waals surface area contributed by atoms with Gasteiger partial charge in [-0.3, -0.25) is 0 Å². The zero-order valence-corrected chi connectivity index (χ0v) is 12.1. The molecular weight excluding hydrogens is 234 g/mol. The van der Waals surface area contributed by atoms with Crippen LogP contribution >= 0.6 is 0 Å². The van der Waals surface area contributed by atoms with Crippen LogP contribution in [0, 0.1) is 6.92 Å². The van der Waals surface area contributed by atoms with Crippen LogP contribution in [-0.2, 0) is 0 Å². The van der Waals surface area contributed by atoms with Gasteiger partial charge >= 0.3 is 0 Å². The number of benzene rings is 1. The van der Waals surface area contributed by atoms with Crippen molar-refractivity contribution in [1.29, 1.82) is 0 Å². The first-order valence-corrected chi connectivity index (χ1v) is 7.15. The van der Waals surface area contributed by atoms with Gasteiger partial charge in [-0.2, -0.15) is 0 Å². The van der Waals surface area contributed by atoms with Crippen LogP contribution in [0.4, 0.5) is 5.69 Å². The highest BCUT2D eigenvalue weighted by molar-refractivity contribution is 5.94. The Kier molecular flexibility index (Phi) is 3.23. The van der Waals surface area contributed by atoms with E-state index >= 15 is 0 Å². The van der Waals surface area contributed by atoms with E-state index in [1.54, 1.807) is 0 Å². The van der Waals surface area contributed by atoms with E-state index < -0.39 is 0 Å². The number of fused-ring (bicyclic) bond motifs is 1. The standard InChI is InChI=1S/C16H23N3/c1-12-4-5-15(14-6-9-17-16(12)14)19-10-7-13(8-11-19)18(2)3/h4-6,9,13,17H,7-8,10-11H2,1-3H3. The topological polar surface area (TPSA) is 22.3 Å². The molecule has 2 heterocycles. The van der Waals surface area contributed by atoms with Gasteiger partial charge in [-0.05, 0) is 51.6 Å². The summed E-state index contributed by atoms with van der Waals surface area (Å²) in [6.45, 7) is 4.49. The summed E-state index contributed by atoms with van der Waals surface area (Å²) in [4.78, 5) is 8.26. The Morgan fingerprint density at radius 2 is 1.89 bits per heavy atom. The molecule has 1 aliphatic rings. The molecule has 3 heteroatoms. The quantitative estimate of drug-likeness (QED) is 0.893. The third-order valence-electron chi connectivity index (χ3n) is 4.44. The summed E-state index contributed by atoms with van der Waals surface area (Å²) in [7, 11) is 4.38. The van der Waals surface area contributed by atoms with Gasteiger partial charge in [0, 0.05) is 36.4 Å². The summed E-state index contributed by atoms with van der Waals surface area (Å²) in [6, 6.07) is 7.45. The molecule has 1 N–H and O–H groups in total. The van der Waals surface area contributed by atoms with Crippen LogP contribution in [0.3, 0.4) is 0 Å². The van der Waals surface area contributed by atoms with Crippen LogP contribution in [0.2, 0.25) is 0 Å². The van der Waals surface area contributed by atoms with E-state index in [2.05, 4.69) is 54.0 Å². The molecule has 0 spiro atoms. The predicted molar refractivity (Wildman–Crippen MR) is 82.0 cm³/mol. The number of nitrogens with one attached hydrogen (secondary N) is 1. The molecule has 0 amide bonds. The van der Waals surface area contributed by atoms with Crippen molar-refractivity contribution in [2.45, 2.75) is 25.8 Å². The van der Waals surface area contributed by atoms with E-state index in [1.165, 1.54) is 35.0 Å². The molecule has 3 rings (SSSR count). The van der Waals surface area contributed by atoms with Gasteiger partial charge in [-0.1, -0.05) is 6.07 Å². The Morgan fingerprint density at radius 3 is 2.58 bits per heavy atom. The molecule has 0 aliphatic carbocycles. The monoisotopic (exact) mass is 257 g/mol. The lowest BCUT2D eigenvalue weighted by Gasteiger charge is -2.36. The molecule has 0 atom stereocenters. The summed E-state index contributed by atoms with van der Waals surface area (Å²) >= 11 is 0. The number of piperidine rings is 1. The van der Waals surface area contributed by atoms with Gasteiger partial charge in [0.2, 0.25) is 0 Å². The Morgan fingerprint density at radius 1 is 1.16 bits per heavy atom. The zero-order valence-electron chi connectivity index (χ0n) is 12.1. The minimum atomic E-state index is 0.739. The molecular formula is C16H23N3. The fourth-order valence-electron chi connectivity index (χ4n) is 3.19. The molecule has 0 bridgehead atoms. The van der Waals surface area contributed by atoms with E-state index in [4.69, 9.17) is 0 Å². The number of nitrogens with zero attached hydrogens (tertiary/aromatic N) is 2. The lowest BCUT2D eigenvalue weighted by Crippen LogP contribution is -2.42. The molecule has 1 aromatic carbocycles. The Bertz CT molecular complexity index is 562. The van der Waals surface area contributed by atoms with Crippen LogP contribution in [-0.4, -0.2) is 43.1 Å². The number of H-pyrrole nitrogens is 1. The van der Waals surface area contributed by atoms with Gasteiger partial charge in [0.05, 0.1) is 5.52 Å². The lowest BCUT2D eigenvalue weighted by molar-refractivity contribution is 0.250. The first-order valence-electron chi connectivity index (χ1n) is 7.15. The Balaban J connectivity index is 1.86. The van der Waals surface area contributed by atoms with Crippen LogP contribution in [0.15, 0.2) is 24.4 Å². The molecule has 1 aliphatic heterocycles. The van der Waals surface area contributed by atoms with E-state index in [0.717, 1.165) is 19.1 Å². The minimum absolute atomic E-state index is 0.739. The molecule has 0 unspecified atom stereocenters. The predicted octanol–water partition coefficient (Wildman–Crippen LogP) is 3.01. The van der Waals surface area contributed by atoms with Gasteiger partial charge in [-0.15, -0.1) is 0 Å². The number of aromatic amines is 1. The maximum atomic E-state index is 3.36. The van der Waals surface area contributed by atoms with Crippen molar-refractivity contribution in [2.24, 2.45) is 0 Å². The largest absolute Gasteiger partial charge is 0.371 e. The summed E-state index contributed by atoms with van der Waals surface area (Å²) in [5, 5.41) is 1.36. The van der Waals surface area contributed by atoms with Crippen LogP contribution < -0.4 is 4.90 Å². The number of anilines is 1. The number of hydrogen-bond acceptors (Lipinski definition) is 2. The molecule has 0 radical (unpaired) electrons. The van der Waals surface area contributed by atoms with E-state index in [9.17, 15) is 0 Å². The molecule has 1 aromatic heterocycles. The van der Waals surface area contributed by atoms with Crippen molar-refractivity contribution in [3.05, 3.63) is 30.0 Å². The van der Waals surface area contributed by atoms with Gasteiger partial charge in [-0.25, -0.2) is 0 Å². The summed E-state index contributed by atoms with van der Waals surface area (Å²) in [6.07, 6.45) is 4.56. The van der Waals surface area contributed by atoms with Crippen molar-refractivity contribution >= 4 is 16.6 Å². The normalized spacial score (nSPS) is 17.6. The summed E-state index contributed by atoms with van der Waals surface area (Å²) in [5.74, 6) is 0.